The van der Waals surface area contributed by atoms with Crippen LogP contribution in [0.3, 0.4) is 0 Å². The highest BCUT2D eigenvalue weighted by atomic mass is 32.2. The van der Waals surface area contributed by atoms with E-state index in [4.69, 9.17) is 4.74 Å². The molecule has 1 aromatic heterocycles. The van der Waals surface area contributed by atoms with Crippen molar-refractivity contribution < 1.29 is 14.3 Å². The minimum atomic E-state index is -0.120. The molecule has 2 heterocycles. The molecular formula is C24H24N2O3S2. The molecule has 160 valence electrons. The van der Waals surface area contributed by atoms with Gasteiger partial charge in [-0.05, 0) is 30.2 Å². The van der Waals surface area contributed by atoms with E-state index in [1.807, 2.05) is 72.5 Å². The lowest BCUT2D eigenvalue weighted by Crippen LogP contribution is -2.41. The van der Waals surface area contributed by atoms with Gasteiger partial charge in [0.05, 0.1) is 24.5 Å². The van der Waals surface area contributed by atoms with Crippen molar-refractivity contribution >= 4 is 39.9 Å². The van der Waals surface area contributed by atoms with E-state index in [1.165, 1.54) is 23.1 Å². The van der Waals surface area contributed by atoms with Gasteiger partial charge in [0.1, 0.15) is 5.00 Å². The molecule has 3 aromatic rings. The van der Waals surface area contributed by atoms with Crippen LogP contribution in [0.15, 0.2) is 65.6 Å². The molecule has 2 amide bonds. The predicted octanol–water partition coefficient (Wildman–Crippen LogP) is 4.93. The van der Waals surface area contributed by atoms with Crippen molar-refractivity contribution in [2.24, 2.45) is 0 Å². The van der Waals surface area contributed by atoms with Crippen LogP contribution in [0.4, 0.5) is 5.00 Å². The van der Waals surface area contributed by atoms with Crippen LogP contribution in [0, 0.1) is 6.92 Å². The number of morpholine rings is 1. The maximum Gasteiger partial charge on any atom is 0.257 e. The van der Waals surface area contributed by atoms with Crippen molar-refractivity contribution in [2.75, 3.05) is 37.4 Å². The zero-order chi connectivity index (χ0) is 21.6. The first-order valence-electron chi connectivity index (χ1n) is 10.2. The Morgan fingerprint density at radius 3 is 2.35 bits per heavy atom. The summed E-state index contributed by atoms with van der Waals surface area (Å²) in [5, 5.41) is 3.63. The van der Waals surface area contributed by atoms with Crippen molar-refractivity contribution in [2.45, 2.75) is 11.8 Å². The molecule has 0 aliphatic carbocycles. The number of thiophene rings is 1. The van der Waals surface area contributed by atoms with E-state index in [1.54, 1.807) is 0 Å². The Morgan fingerprint density at radius 1 is 1.03 bits per heavy atom. The van der Waals surface area contributed by atoms with Crippen LogP contribution in [0.5, 0.6) is 0 Å². The third kappa shape index (κ3) is 5.18. The van der Waals surface area contributed by atoms with E-state index >= 15 is 0 Å². The highest BCUT2D eigenvalue weighted by Crippen LogP contribution is 2.40. The lowest BCUT2D eigenvalue weighted by molar-refractivity contribution is -0.113. The first-order valence-corrected chi connectivity index (χ1v) is 12.0. The quantitative estimate of drug-likeness (QED) is 0.539. The summed E-state index contributed by atoms with van der Waals surface area (Å²) in [7, 11) is 0. The molecule has 4 rings (SSSR count). The number of benzene rings is 2. The monoisotopic (exact) mass is 452 g/mol. The number of amides is 2. The fourth-order valence-corrected chi connectivity index (χ4v) is 5.42. The normalized spacial score (nSPS) is 13.8. The topological polar surface area (TPSA) is 58.6 Å². The maximum atomic E-state index is 13.4. The Bertz CT molecular complexity index is 1050. The van der Waals surface area contributed by atoms with Crippen molar-refractivity contribution in [3.8, 4) is 10.4 Å². The Balaban J connectivity index is 1.60. The zero-order valence-electron chi connectivity index (χ0n) is 17.3. The summed E-state index contributed by atoms with van der Waals surface area (Å²) in [5.41, 5.74) is 2.53. The van der Waals surface area contributed by atoms with Gasteiger partial charge in [0, 0.05) is 22.9 Å². The minimum absolute atomic E-state index is 0.0507. The van der Waals surface area contributed by atoms with E-state index in [2.05, 4.69) is 5.32 Å². The summed E-state index contributed by atoms with van der Waals surface area (Å²) in [6.45, 7) is 4.16. The maximum absolute atomic E-state index is 13.4. The highest BCUT2D eigenvalue weighted by Gasteiger charge is 2.27. The van der Waals surface area contributed by atoms with Crippen LogP contribution in [-0.4, -0.2) is 48.8 Å². The number of carbonyl (C=O) groups is 2. The molecule has 7 heteroatoms. The van der Waals surface area contributed by atoms with Gasteiger partial charge in [0.2, 0.25) is 5.91 Å². The molecule has 1 N–H and O–H groups in total. The Labute approximate surface area is 190 Å². The van der Waals surface area contributed by atoms with Gasteiger partial charge < -0.3 is 15.0 Å². The molecule has 0 saturated carbocycles. The SMILES string of the molecule is Cc1c(-c2ccccc2)sc(NC(=O)CSc2ccccc2)c1C(=O)N1CCOCC1. The Morgan fingerprint density at radius 2 is 1.68 bits per heavy atom. The average Bonchev–Trinajstić information content (AvgIpc) is 3.14. The molecule has 31 heavy (non-hydrogen) atoms. The van der Waals surface area contributed by atoms with E-state index in [0.717, 1.165) is 20.9 Å². The minimum Gasteiger partial charge on any atom is -0.378 e. The van der Waals surface area contributed by atoms with E-state index in [9.17, 15) is 9.59 Å². The summed E-state index contributed by atoms with van der Waals surface area (Å²) < 4.78 is 5.40. The molecule has 0 spiro atoms. The van der Waals surface area contributed by atoms with E-state index in [-0.39, 0.29) is 17.6 Å². The fraction of sp³-hybridized carbons (Fsp3) is 0.250. The molecular weight excluding hydrogens is 428 g/mol. The fourth-order valence-electron chi connectivity index (χ4n) is 3.48. The molecule has 1 fully saturated rings. The second-order valence-electron chi connectivity index (χ2n) is 7.18. The van der Waals surface area contributed by atoms with Gasteiger partial charge in [-0.2, -0.15) is 0 Å². The molecule has 2 aromatic carbocycles. The van der Waals surface area contributed by atoms with Crippen LogP contribution in [0.2, 0.25) is 0 Å². The molecule has 0 unspecified atom stereocenters. The second kappa shape index (κ2) is 10.1. The van der Waals surface area contributed by atoms with E-state index in [0.29, 0.717) is 36.9 Å². The summed E-state index contributed by atoms with van der Waals surface area (Å²) in [6, 6.07) is 19.8. The van der Waals surface area contributed by atoms with Crippen molar-refractivity contribution in [1.29, 1.82) is 0 Å². The molecule has 1 aliphatic rings. The highest BCUT2D eigenvalue weighted by molar-refractivity contribution is 8.00. The van der Waals surface area contributed by atoms with Crippen molar-refractivity contribution in [3.05, 3.63) is 71.8 Å². The van der Waals surface area contributed by atoms with Gasteiger partial charge in [-0.1, -0.05) is 48.5 Å². The van der Waals surface area contributed by atoms with Crippen molar-refractivity contribution in [1.82, 2.24) is 4.90 Å². The third-order valence-electron chi connectivity index (χ3n) is 5.06. The summed E-state index contributed by atoms with van der Waals surface area (Å²) >= 11 is 2.94. The number of anilines is 1. The standard InChI is InChI=1S/C24H24N2O3S2/c1-17-21(24(28)26-12-14-29-15-13-26)23(31-22(17)18-8-4-2-5-9-18)25-20(27)16-30-19-10-6-3-7-11-19/h2-11H,12-16H2,1H3,(H,25,27). The Hall–Kier alpha value is -2.61. The van der Waals surface area contributed by atoms with Crippen LogP contribution in [0.1, 0.15) is 15.9 Å². The molecule has 0 atom stereocenters. The zero-order valence-corrected chi connectivity index (χ0v) is 18.9. The predicted molar refractivity (Wildman–Crippen MR) is 127 cm³/mol. The largest absolute Gasteiger partial charge is 0.378 e. The number of hydrogen-bond acceptors (Lipinski definition) is 5. The van der Waals surface area contributed by atoms with Gasteiger partial charge in [0.25, 0.3) is 5.91 Å². The van der Waals surface area contributed by atoms with Crippen molar-refractivity contribution in [3.63, 3.8) is 0 Å². The van der Waals surface area contributed by atoms with Crippen LogP contribution < -0.4 is 5.32 Å². The van der Waals surface area contributed by atoms with Gasteiger partial charge in [-0.25, -0.2) is 0 Å². The van der Waals surface area contributed by atoms with Crippen LogP contribution in [-0.2, 0) is 9.53 Å². The summed E-state index contributed by atoms with van der Waals surface area (Å²) in [6.07, 6.45) is 0. The lowest BCUT2D eigenvalue weighted by atomic mass is 10.1. The Kier molecular flexibility index (Phi) is 7.06. The molecule has 0 radical (unpaired) electrons. The number of hydrogen-bond donors (Lipinski definition) is 1. The van der Waals surface area contributed by atoms with Gasteiger partial charge in [-0.3, -0.25) is 9.59 Å². The molecule has 1 saturated heterocycles. The van der Waals surface area contributed by atoms with Crippen LogP contribution in [0.25, 0.3) is 10.4 Å². The first kappa shape index (κ1) is 21.6. The number of ether oxygens (including phenoxy) is 1. The molecule has 5 nitrogen and oxygen atoms in total. The van der Waals surface area contributed by atoms with Gasteiger partial charge in [-0.15, -0.1) is 23.1 Å². The van der Waals surface area contributed by atoms with Crippen LogP contribution >= 0.6 is 23.1 Å². The van der Waals surface area contributed by atoms with E-state index < -0.39 is 0 Å². The number of rotatable bonds is 6. The number of nitrogens with zero attached hydrogens (tertiary/aromatic N) is 1. The number of thioether (sulfide) groups is 1. The number of nitrogens with one attached hydrogen (secondary N) is 1. The lowest BCUT2D eigenvalue weighted by Gasteiger charge is -2.27. The van der Waals surface area contributed by atoms with Gasteiger partial charge >= 0.3 is 0 Å². The smallest absolute Gasteiger partial charge is 0.257 e. The average molecular weight is 453 g/mol. The molecule has 1 aliphatic heterocycles. The third-order valence-corrected chi connectivity index (χ3v) is 7.33. The summed E-state index contributed by atoms with van der Waals surface area (Å²) in [4.78, 5) is 29.9. The second-order valence-corrected chi connectivity index (χ2v) is 9.25. The first-order chi connectivity index (χ1) is 15.1. The van der Waals surface area contributed by atoms with Gasteiger partial charge in [0.15, 0.2) is 0 Å². The number of carbonyl (C=O) groups excluding carboxylic acids is 2. The molecule has 0 bridgehead atoms. The summed E-state index contributed by atoms with van der Waals surface area (Å²) in [5.74, 6) is 0.114.